The van der Waals surface area contributed by atoms with Crippen LogP contribution in [0, 0.1) is 5.82 Å². The second-order valence-electron chi connectivity index (χ2n) is 4.63. The van der Waals surface area contributed by atoms with Gasteiger partial charge in [0.25, 0.3) is 0 Å². The number of fused-ring (bicyclic) bond motifs is 1. The van der Waals surface area contributed by atoms with Gasteiger partial charge < -0.3 is 4.74 Å². The lowest BCUT2D eigenvalue weighted by atomic mass is 9.94. The Bertz CT molecular complexity index is 686. The average molecular weight is 270 g/mol. The van der Waals surface area contributed by atoms with Crippen molar-refractivity contribution in [1.82, 2.24) is 0 Å². The summed E-state index contributed by atoms with van der Waals surface area (Å²) >= 11 is 0. The third-order valence-electron chi connectivity index (χ3n) is 3.45. The van der Waals surface area contributed by atoms with Crippen LogP contribution in [0.3, 0.4) is 0 Å². The highest BCUT2D eigenvalue weighted by molar-refractivity contribution is 6.29. The lowest BCUT2D eigenvalue weighted by Crippen LogP contribution is -2.13. The Hall–Kier alpha value is -2.49. The van der Waals surface area contributed by atoms with Gasteiger partial charge in [-0.05, 0) is 17.7 Å². The second-order valence-corrected chi connectivity index (χ2v) is 4.63. The van der Waals surface area contributed by atoms with E-state index in [-0.39, 0.29) is 17.3 Å². The van der Waals surface area contributed by atoms with Crippen LogP contribution in [0.2, 0.25) is 0 Å². The fraction of sp³-hybridized carbons (Fsp3) is 0.125. The summed E-state index contributed by atoms with van der Waals surface area (Å²) in [6, 6.07) is 10.6. The van der Waals surface area contributed by atoms with E-state index in [9.17, 15) is 14.0 Å². The van der Waals surface area contributed by atoms with Gasteiger partial charge in [0.1, 0.15) is 17.5 Å². The predicted molar refractivity (Wildman–Crippen MR) is 70.8 cm³/mol. The molecule has 0 aliphatic heterocycles. The van der Waals surface area contributed by atoms with Gasteiger partial charge in [0.05, 0.1) is 7.11 Å². The van der Waals surface area contributed by atoms with Crippen LogP contribution in [0.25, 0.3) is 0 Å². The van der Waals surface area contributed by atoms with Gasteiger partial charge in [-0.3, -0.25) is 9.59 Å². The zero-order chi connectivity index (χ0) is 14.3. The molecule has 0 unspecified atom stereocenters. The van der Waals surface area contributed by atoms with Gasteiger partial charge in [-0.2, -0.15) is 0 Å². The maximum atomic E-state index is 13.5. The topological polar surface area (TPSA) is 43.4 Å². The highest BCUT2D eigenvalue weighted by atomic mass is 19.1. The van der Waals surface area contributed by atoms with Crippen molar-refractivity contribution in [1.29, 1.82) is 0 Å². The molecule has 3 rings (SSSR count). The first-order valence-corrected chi connectivity index (χ1v) is 6.14. The highest BCUT2D eigenvalue weighted by Crippen LogP contribution is 2.35. The van der Waals surface area contributed by atoms with Gasteiger partial charge in [-0.15, -0.1) is 0 Å². The summed E-state index contributed by atoms with van der Waals surface area (Å²) in [6.07, 6.45) is 0. The summed E-state index contributed by atoms with van der Waals surface area (Å²) in [5, 5.41) is 0. The molecule has 0 spiro atoms. The average Bonchev–Trinajstić information content (AvgIpc) is 2.71. The van der Waals surface area contributed by atoms with Crippen LogP contribution < -0.4 is 4.74 Å². The fourth-order valence-corrected chi connectivity index (χ4v) is 2.51. The number of benzene rings is 2. The number of ether oxygens (including phenoxy) is 1. The van der Waals surface area contributed by atoms with E-state index >= 15 is 0 Å². The van der Waals surface area contributed by atoms with Crippen LogP contribution in [0.15, 0.2) is 42.5 Å². The van der Waals surface area contributed by atoms with Crippen molar-refractivity contribution in [2.75, 3.05) is 7.11 Å². The Morgan fingerprint density at radius 3 is 2.15 bits per heavy atom. The van der Waals surface area contributed by atoms with E-state index in [2.05, 4.69) is 0 Å². The van der Waals surface area contributed by atoms with Crippen LogP contribution in [0.5, 0.6) is 5.75 Å². The van der Waals surface area contributed by atoms with E-state index in [0.29, 0.717) is 16.7 Å². The number of methoxy groups -OCH3 is 1. The van der Waals surface area contributed by atoms with Crippen LogP contribution in [0.1, 0.15) is 32.2 Å². The SMILES string of the molecule is COc1cc(F)cc(C2C(=O)c3ccccc3C2=O)c1. The molecule has 0 amide bonds. The standard InChI is InChI=1S/C16H11FO3/c1-20-11-7-9(6-10(17)8-11)14-15(18)12-4-2-3-5-13(12)16(14)19/h2-8,14H,1H3. The molecule has 20 heavy (non-hydrogen) atoms. The van der Waals surface area contributed by atoms with E-state index in [1.54, 1.807) is 24.3 Å². The summed E-state index contributed by atoms with van der Waals surface area (Å²) < 4.78 is 18.5. The highest BCUT2D eigenvalue weighted by Gasteiger charge is 2.39. The molecule has 0 radical (unpaired) electrons. The van der Waals surface area contributed by atoms with Gasteiger partial charge in [-0.1, -0.05) is 24.3 Å². The number of carbonyl (C=O) groups excluding carboxylic acids is 2. The minimum absolute atomic E-state index is 0.288. The normalized spacial score (nSPS) is 14.5. The molecule has 0 saturated carbocycles. The molecule has 0 saturated heterocycles. The lowest BCUT2D eigenvalue weighted by molar-refractivity contribution is 0.0890. The summed E-state index contributed by atoms with van der Waals surface area (Å²) in [7, 11) is 1.41. The number of carbonyl (C=O) groups is 2. The number of halogens is 1. The number of hydrogen-bond acceptors (Lipinski definition) is 3. The molecule has 0 heterocycles. The minimum Gasteiger partial charge on any atom is -0.497 e. The Morgan fingerprint density at radius 1 is 1.00 bits per heavy atom. The van der Waals surface area contributed by atoms with Crippen molar-refractivity contribution in [3.63, 3.8) is 0 Å². The molecule has 3 nitrogen and oxygen atoms in total. The van der Waals surface area contributed by atoms with Gasteiger partial charge in [-0.25, -0.2) is 4.39 Å². The zero-order valence-electron chi connectivity index (χ0n) is 10.7. The van der Waals surface area contributed by atoms with Gasteiger partial charge >= 0.3 is 0 Å². The van der Waals surface area contributed by atoms with Crippen molar-refractivity contribution in [2.45, 2.75) is 5.92 Å². The van der Waals surface area contributed by atoms with Crippen LogP contribution in [-0.2, 0) is 0 Å². The van der Waals surface area contributed by atoms with Gasteiger partial charge in [0.15, 0.2) is 11.6 Å². The maximum Gasteiger partial charge on any atom is 0.178 e. The van der Waals surface area contributed by atoms with Crippen molar-refractivity contribution in [3.8, 4) is 5.75 Å². The molecular weight excluding hydrogens is 259 g/mol. The van der Waals surface area contributed by atoms with E-state index in [1.165, 1.54) is 25.3 Å². The second kappa shape index (κ2) is 4.56. The van der Waals surface area contributed by atoms with Crippen molar-refractivity contribution in [3.05, 3.63) is 65.0 Å². The van der Waals surface area contributed by atoms with Crippen molar-refractivity contribution < 1.29 is 18.7 Å². The molecule has 1 aliphatic carbocycles. The van der Waals surface area contributed by atoms with E-state index < -0.39 is 11.7 Å². The Balaban J connectivity index is 2.11. The molecule has 2 aromatic rings. The van der Waals surface area contributed by atoms with Gasteiger partial charge in [0, 0.05) is 17.2 Å². The molecule has 100 valence electrons. The largest absolute Gasteiger partial charge is 0.497 e. The van der Waals surface area contributed by atoms with Crippen molar-refractivity contribution >= 4 is 11.6 Å². The monoisotopic (exact) mass is 270 g/mol. The third-order valence-corrected chi connectivity index (χ3v) is 3.45. The number of ketones is 2. The zero-order valence-corrected chi connectivity index (χ0v) is 10.7. The van der Waals surface area contributed by atoms with Crippen molar-refractivity contribution in [2.24, 2.45) is 0 Å². The molecule has 0 atom stereocenters. The van der Waals surface area contributed by atoms with E-state index in [4.69, 9.17) is 4.74 Å². The summed E-state index contributed by atoms with van der Waals surface area (Å²) in [5.41, 5.74) is 1.12. The number of rotatable bonds is 2. The Morgan fingerprint density at radius 2 is 1.60 bits per heavy atom. The molecule has 1 aliphatic rings. The number of hydrogen-bond donors (Lipinski definition) is 0. The fourth-order valence-electron chi connectivity index (χ4n) is 2.51. The first-order valence-electron chi connectivity index (χ1n) is 6.14. The predicted octanol–water partition coefficient (Wildman–Crippen LogP) is 3.00. The molecule has 0 fully saturated rings. The smallest absolute Gasteiger partial charge is 0.178 e. The summed E-state index contributed by atoms with van der Waals surface area (Å²) in [4.78, 5) is 24.7. The molecule has 0 aromatic heterocycles. The molecule has 0 bridgehead atoms. The summed E-state index contributed by atoms with van der Waals surface area (Å²) in [6.45, 7) is 0. The Labute approximate surface area is 115 Å². The first-order chi connectivity index (χ1) is 9.61. The molecule has 0 N–H and O–H groups in total. The molecule has 4 heteroatoms. The van der Waals surface area contributed by atoms with E-state index in [0.717, 1.165) is 0 Å². The van der Waals surface area contributed by atoms with Crippen LogP contribution >= 0.6 is 0 Å². The van der Waals surface area contributed by atoms with E-state index in [1.807, 2.05) is 0 Å². The van der Waals surface area contributed by atoms with Crippen LogP contribution in [0.4, 0.5) is 4.39 Å². The number of Topliss-reactive ketones (excluding diaryl/α,β-unsaturated/α-hetero) is 2. The van der Waals surface area contributed by atoms with Gasteiger partial charge in [0.2, 0.25) is 0 Å². The quantitative estimate of drug-likeness (QED) is 0.788. The molecular formula is C16H11FO3. The first kappa shape index (κ1) is 12.5. The minimum atomic E-state index is -0.975. The Kier molecular flexibility index (Phi) is 2.86. The van der Waals surface area contributed by atoms with Crippen LogP contribution in [-0.4, -0.2) is 18.7 Å². The summed E-state index contributed by atoms with van der Waals surface area (Å²) in [5.74, 6) is -1.80. The lowest BCUT2D eigenvalue weighted by Gasteiger charge is -2.09. The molecule has 2 aromatic carbocycles. The third kappa shape index (κ3) is 1.81. The maximum absolute atomic E-state index is 13.5.